The molecule has 3 aromatic rings. The van der Waals surface area contributed by atoms with E-state index in [1.165, 1.54) is 0 Å². The van der Waals surface area contributed by atoms with Gasteiger partial charge in [-0.25, -0.2) is 9.78 Å². The first-order chi connectivity index (χ1) is 18.3. The lowest BCUT2D eigenvalue weighted by Gasteiger charge is -2.29. The van der Waals surface area contributed by atoms with Crippen molar-refractivity contribution in [3.63, 3.8) is 0 Å². The monoisotopic (exact) mass is 565 g/mol. The van der Waals surface area contributed by atoms with Gasteiger partial charge in [0, 0.05) is 42.7 Å². The number of rotatable bonds is 6. The average Bonchev–Trinajstić information content (AvgIpc) is 2.87. The number of carboxylic acid groups (broad SMARTS) is 1. The highest BCUT2D eigenvalue weighted by Gasteiger charge is 2.38. The van der Waals surface area contributed by atoms with Crippen LogP contribution in [0, 0.1) is 12.8 Å². The van der Waals surface area contributed by atoms with Crippen molar-refractivity contribution in [1.82, 2.24) is 15.3 Å². The van der Waals surface area contributed by atoms with Gasteiger partial charge in [0.15, 0.2) is 0 Å². The maximum absolute atomic E-state index is 12.5. The third kappa shape index (κ3) is 8.44. The number of aryl methyl sites for hydroxylation is 1. The van der Waals surface area contributed by atoms with E-state index in [0.717, 1.165) is 48.0 Å². The van der Waals surface area contributed by atoms with Gasteiger partial charge in [-0.2, -0.15) is 18.2 Å². The Balaban J connectivity index is 0.000000532. The largest absolute Gasteiger partial charge is 0.490 e. The molecule has 0 aliphatic heterocycles. The highest BCUT2D eigenvalue weighted by atomic mass is 35.5. The SMILES string of the molecule is Cc1cc(Cl)ccc1C(=O)NCC1CCC(Nc2nc(N(C)C)c3ccccc3n2)CC1.O=C(O)C(F)(F)F. The fraction of sp³-hybridized carbons (Fsp3) is 0.407. The molecule has 1 saturated carbocycles. The highest BCUT2D eigenvalue weighted by molar-refractivity contribution is 6.30. The third-order valence-corrected chi connectivity index (χ3v) is 6.65. The van der Waals surface area contributed by atoms with Crippen LogP contribution in [0.1, 0.15) is 41.6 Å². The number of carbonyl (C=O) groups is 2. The number of alkyl halides is 3. The van der Waals surface area contributed by atoms with Crippen LogP contribution in [0.2, 0.25) is 5.02 Å². The number of nitrogens with one attached hydrogen (secondary N) is 2. The van der Waals surface area contributed by atoms with Crippen LogP contribution in [0.25, 0.3) is 10.9 Å². The van der Waals surface area contributed by atoms with Crippen LogP contribution in [0.4, 0.5) is 24.9 Å². The standard InChI is InChI=1S/C25H30ClN5O.C2HF3O2/c1-16-14-18(26)10-13-20(16)24(32)27-15-17-8-11-19(12-9-17)28-25-29-22-7-5-4-6-21(22)23(30-25)31(2)3;3-2(4,5)1(6)7/h4-7,10,13-14,17,19H,8-9,11-12,15H2,1-3H3,(H,27,32)(H,28,29,30);(H,6,7). The van der Waals surface area contributed by atoms with E-state index in [-0.39, 0.29) is 5.91 Å². The predicted octanol–water partition coefficient (Wildman–Crippen LogP) is 5.69. The molecule has 1 fully saturated rings. The summed E-state index contributed by atoms with van der Waals surface area (Å²) in [7, 11) is 4.01. The molecule has 0 saturated heterocycles. The molecule has 1 heterocycles. The van der Waals surface area contributed by atoms with Gasteiger partial charge >= 0.3 is 12.1 Å². The van der Waals surface area contributed by atoms with E-state index in [1.54, 1.807) is 12.1 Å². The lowest BCUT2D eigenvalue weighted by molar-refractivity contribution is -0.192. The van der Waals surface area contributed by atoms with Crippen LogP contribution in [0.5, 0.6) is 0 Å². The van der Waals surface area contributed by atoms with E-state index in [1.807, 2.05) is 50.2 Å². The molecule has 210 valence electrons. The molecule has 1 aliphatic carbocycles. The Bertz CT molecular complexity index is 1310. The Morgan fingerprint density at radius 1 is 1.08 bits per heavy atom. The van der Waals surface area contributed by atoms with Crippen LogP contribution in [0.3, 0.4) is 0 Å². The van der Waals surface area contributed by atoms with Crippen molar-refractivity contribution in [2.75, 3.05) is 30.9 Å². The molecule has 1 amide bonds. The van der Waals surface area contributed by atoms with Crippen molar-refractivity contribution in [1.29, 1.82) is 0 Å². The van der Waals surface area contributed by atoms with Gasteiger partial charge in [0.1, 0.15) is 5.82 Å². The van der Waals surface area contributed by atoms with Gasteiger partial charge in [-0.3, -0.25) is 4.79 Å². The zero-order valence-electron chi connectivity index (χ0n) is 21.8. The summed E-state index contributed by atoms with van der Waals surface area (Å²) in [5, 5.41) is 15.5. The quantitative estimate of drug-likeness (QED) is 0.352. The minimum Gasteiger partial charge on any atom is -0.475 e. The van der Waals surface area contributed by atoms with Crippen LogP contribution < -0.4 is 15.5 Å². The van der Waals surface area contributed by atoms with Gasteiger partial charge in [0.2, 0.25) is 5.95 Å². The second-order valence-electron chi connectivity index (χ2n) is 9.62. The molecular weight excluding hydrogens is 535 g/mol. The molecule has 8 nitrogen and oxygen atoms in total. The predicted molar refractivity (Wildman–Crippen MR) is 145 cm³/mol. The maximum atomic E-state index is 12.5. The number of fused-ring (bicyclic) bond motifs is 1. The summed E-state index contributed by atoms with van der Waals surface area (Å²) in [5.41, 5.74) is 2.54. The number of aromatic nitrogens is 2. The molecule has 12 heteroatoms. The van der Waals surface area contributed by atoms with Crippen LogP contribution in [-0.2, 0) is 4.79 Å². The summed E-state index contributed by atoms with van der Waals surface area (Å²) >= 11 is 6.00. The summed E-state index contributed by atoms with van der Waals surface area (Å²) in [5.74, 6) is -0.693. The molecule has 3 N–H and O–H groups in total. The Morgan fingerprint density at radius 2 is 1.72 bits per heavy atom. The number of carbonyl (C=O) groups excluding carboxylic acids is 1. The number of hydrogen-bond donors (Lipinski definition) is 3. The van der Waals surface area contributed by atoms with Crippen molar-refractivity contribution >= 4 is 46.1 Å². The Labute approximate surface area is 229 Å². The first kappa shape index (κ1) is 29.9. The Kier molecular flexibility index (Phi) is 9.96. The van der Waals surface area contributed by atoms with Crippen LogP contribution >= 0.6 is 11.6 Å². The summed E-state index contributed by atoms with van der Waals surface area (Å²) in [6.45, 7) is 2.61. The molecule has 0 radical (unpaired) electrons. The van der Waals surface area contributed by atoms with E-state index in [4.69, 9.17) is 31.5 Å². The zero-order valence-corrected chi connectivity index (χ0v) is 22.6. The average molecular weight is 566 g/mol. The number of hydrogen-bond acceptors (Lipinski definition) is 6. The fourth-order valence-corrected chi connectivity index (χ4v) is 4.60. The number of halogens is 4. The van der Waals surface area contributed by atoms with E-state index in [9.17, 15) is 18.0 Å². The number of amides is 1. The molecular formula is C27H31ClF3N5O3. The number of para-hydroxylation sites is 1. The molecule has 1 aliphatic rings. The first-order valence-corrected chi connectivity index (χ1v) is 12.8. The molecule has 0 bridgehead atoms. The van der Waals surface area contributed by atoms with Crippen molar-refractivity contribution in [2.45, 2.75) is 44.8 Å². The van der Waals surface area contributed by atoms with Gasteiger partial charge in [-0.15, -0.1) is 0 Å². The van der Waals surface area contributed by atoms with Crippen LogP contribution in [-0.4, -0.2) is 59.8 Å². The first-order valence-electron chi connectivity index (χ1n) is 12.4. The number of carboxylic acids is 1. The topological polar surface area (TPSA) is 107 Å². The number of benzene rings is 2. The highest BCUT2D eigenvalue weighted by Crippen LogP contribution is 2.28. The lowest BCUT2D eigenvalue weighted by atomic mass is 9.86. The second-order valence-corrected chi connectivity index (χ2v) is 10.1. The number of anilines is 2. The second kappa shape index (κ2) is 13.0. The minimum atomic E-state index is -5.08. The molecule has 39 heavy (non-hydrogen) atoms. The normalized spacial score (nSPS) is 17.1. The summed E-state index contributed by atoms with van der Waals surface area (Å²) < 4.78 is 31.7. The van der Waals surface area contributed by atoms with E-state index < -0.39 is 12.1 Å². The van der Waals surface area contributed by atoms with Crippen molar-refractivity contribution in [3.05, 3.63) is 58.6 Å². The maximum Gasteiger partial charge on any atom is 0.490 e. The molecule has 4 rings (SSSR count). The van der Waals surface area contributed by atoms with Gasteiger partial charge in [-0.05, 0) is 74.4 Å². The smallest absolute Gasteiger partial charge is 0.475 e. The van der Waals surface area contributed by atoms with E-state index >= 15 is 0 Å². The summed E-state index contributed by atoms with van der Waals surface area (Å²) in [4.78, 5) is 32.9. The fourth-order valence-electron chi connectivity index (χ4n) is 4.37. The van der Waals surface area contributed by atoms with Gasteiger partial charge in [-0.1, -0.05) is 23.7 Å². The number of nitrogens with zero attached hydrogens (tertiary/aromatic N) is 3. The summed E-state index contributed by atoms with van der Waals surface area (Å²) in [6, 6.07) is 13.8. The van der Waals surface area contributed by atoms with Gasteiger partial charge in [0.25, 0.3) is 5.91 Å². The molecule has 2 aromatic carbocycles. The lowest BCUT2D eigenvalue weighted by Crippen LogP contribution is -2.34. The Hall–Kier alpha value is -3.60. The minimum absolute atomic E-state index is 0.0276. The van der Waals surface area contributed by atoms with Gasteiger partial charge < -0.3 is 20.6 Å². The zero-order chi connectivity index (χ0) is 28.7. The van der Waals surface area contributed by atoms with Crippen molar-refractivity contribution in [2.24, 2.45) is 5.92 Å². The molecule has 1 aromatic heterocycles. The summed E-state index contributed by atoms with van der Waals surface area (Å²) in [6.07, 6.45) is -0.890. The molecule has 0 spiro atoms. The van der Waals surface area contributed by atoms with Crippen molar-refractivity contribution in [3.8, 4) is 0 Å². The van der Waals surface area contributed by atoms with E-state index in [2.05, 4.69) is 16.7 Å². The molecule has 0 atom stereocenters. The third-order valence-electron chi connectivity index (χ3n) is 6.41. The van der Waals surface area contributed by atoms with Gasteiger partial charge in [0.05, 0.1) is 5.52 Å². The van der Waals surface area contributed by atoms with E-state index in [0.29, 0.717) is 35.0 Å². The molecule has 0 unspecified atom stereocenters. The van der Waals surface area contributed by atoms with Crippen molar-refractivity contribution < 1.29 is 27.9 Å². The number of aliphatic carboxylic acids is 1. The van der Waals surface area contributed by atoms with Crippen LogP contribution in [0.15, 0.2) is 42.5 Å². The Morgan fingerprint density at radius 3 is 2.31 bits per heavy atom.